The summed E-state index contributed by atoms with van der Waals surface area (Å²) in [4.78, 5) is 0. The van der Waals surface area contributed by atoms with Crippen molar-refractivity contribution < 1.29 is 9.84 Å². The molecule has 0 aromatic heterocycles. The predicted octanol–water partition coefficient (Wildman–Crippen LogP) is 2.21. The van der Waals surface area contributed by atoms with Gasteiger partial charge in [-0.2, -0.15) is 0 Å². The second-order valence-corrected chi connectivity index (χ2v) is 3.40. The molecular weight excluding hydrogens is 152 g/mol. The molecule has 0 bridgehead atoms. The Kier molecular flexibility index (Phi) is 8.95. The van der Waals surface area contributed by atoms with E-state index < -0.39 is 0 Å². The zero-order valence-electron chi connectivity index (χ0n) is 8.38. The molecular formula is C10H22O2. The van der Waals surface area contributed by atoms with E-state index in [9.17, 15) is 0 Å². The SMILES string of the molecule is CCCCC(C)COCCCO. The Balaban J connectivity index is 3.02. The molecule has 12 heavy (non-hydrogen) atoms. The Labute approximate surface area is 75.9 Å². The Morgan fingerprint density at radius 2 is 2.08 bits per heavy atom. The molecule has 0 radical (unpaired) electrons. The van der Waals surface area contributed by atoms with Crippen LogP contribution in [-0.2, 0) is 4.74 Å². The van der Waals surface area contributed by atoms with Gasteiger partial charge in [-0.3, -0.25) is 0 Å². The van der Waals surface area contributed by atoms with Gasteiger partial charge >= 0.3 is 0 Å². The van der Waals surface area contributed by atoms with E-state index in [1.807, 2.05) is 0 Å². The first-order valence-corrected chi connectivity index (χ1v) is 4.99. The normalized spacial score (nSPS) is 13.2. The van der Waals surface area contributed by atoms with Gasteiger partial charge in [0.1, 0.15) is 0 Å². The monoisotopic (exact) mass is 174 g/mol. The van der Waals surface area contributed by atoms with Gasteiger partial charge in [0.15, 0.2) is 0 Å². The fourth-order valence-corrected chi connectivity index (χ4v) is 1.09. The van der Waals surface area contributed by atoms with E-state index in [4.69, 9.17) is 9.84 Å². The third-order valence-corrected chi connectivity index (χ3v) is 1.90. The van der Waals surface area contributed by atoms with Crippen LogP contribution in [0, 0.1) is 5.92 Å². The number of rotatable bonds is 8. The molecule has 0 saturated heterocycles. The average molecular weight is 174 g/mol. The molecule has 0 heterocycles. The molecule has 1 atom stereocenters. The maximum atomic E-state index is 8.49. The molecule has 0 rings (SSSR count). The van der Waals surface area contributed by atoms with Crippen molar-refractivity contribution in [1.82, 2.24) is 0 Å². The van der Waals surface area contributed by atoms with Crippen LogP contribution in [0.1, 0.15) is 39.5 Å². The number of aliphatic hydroxyl groups excluding tert-OH is 1. The largest absolute Gasteiger partial charge is 0.396 e. The molecule has 0 aliphatic rings. The molecule has 0 aliphatic carbocycles. The standard InChI is InChI=1S/C10H22O2/c1-3-4-6-10(2)9-12-8-5-7-11/h10-11H,3-9H2,1-2H3. The quantitative estimate of drug-likeness (QED) is 0.572. The summed E-state index contributed by atoms with van der Waals surface area (Å²) in [5.41, 5.74) is 0. The lowest BCUT2D eigenvalue weighted by Gasteiger charge is -2.10. The molecule has 0 aromatic carbocycles. The summed E-state index contributed by atoms with van der Waals surface area (Å²) in [6.45, 7) is 6.21. The third-order valence-electron chi connectivity index (χ3n) is 1.90. The van der Waals surface area contributed by atoms with Crippen LogP contribution in [-0.4, -0.2) is 24.9 Å². The van der Waals surface area contributed by atoms with Gasteiger partial charge in [-0.25, -0.2) is 0 Å². The van der Waals surface area contributed by atoms with E-state index in [0.717, 1.165) is 13.0 Å². The zero-order valence-corrected chi connectivity index (χ0v) is 8.38. The van der Waals surface area contributed by atoms with E-state index in [1.165, 1.54) is 19.3 Å². The van der Waals surface area contributed by atoms with Gasteiger partial charge in [0.25, 0.3) is 0 Å². The number of unbranched alkanes of at least 4 members (excludes halogenated alkanes) is 1. The minimum absolute atomic E-state index is 0.239. The predicted molar refractivity (Wildman–Crippen MR) is 51.2 cm³/mol. The van der Waals surface area contributed by atoms with Crippen molar-refractivity contribution in [1.29, 1.82) is 0 Å². The average Bonchev–Trinajstić information content (AvgIpc) is 2.09. The van der Waals surface area contributed by atoms with Crippen molar-refractivity contribution in [2.75, 3.05) is 19.8 Å². The highest BCUT2D eigenvalue weighted by Gasteiger charge is 2.00. The highest BCUT2D eigenvalue weighted by molar-refractivity contribution is 4.50. The molecule has 0 spiro atoms. The van der Waals surface area contributed by atoms with Crippen molar-refractivity contribution >= 4 is 0 Å². The first-order valence-electron chi connectivity index (χ1n) is 4.99. The maximum Gasteiger partial charge on any atom is 0.0491 e. The summed E-state index contributed by atoms with van der Waals surface area (Å²) in [6.07, 6.45) is 4.58. The van der Waals surface area contributed by atoms with Gasteiger partial charge in [-0.05, 0) is 18.8 Å². The minimum atomic E-state index is 0.239. The van der Waals surface area contributed by atoms with Gasteiger partial charge in [-0.15, -0.1) is 0 Å². The molecule has 2 nitrogen and oxygen atoms in total. The highest BCUT2D eigenvalue weighted by Crippen LogP contribution is 2.07. The second kappa shape index (κ2) is 9.01. The van der Waals surface area contributed by atoms with E-state index in [2.05, 4.69) is 13.8 Å². The fourth-order valence-electron chi connectivity index (χ4n) is 1.09. The highest BCUT2D eigenvalue weighted by atomic mass is 16.5. The van der Waals surface area contributed by atoms with Gasteiger partial charge < -0.3 is 9.84 Å². The van der Waals surface area contributed by atoms with Crippen molar-refractivity contribution in [2.24, 2.45) is 5.92 Å². The van der Waals surface area contributed by atoms with Crippen molar-refractivity contribution in [3.05, 3.63) is 0 Å². The van der Waals surface area contributed by atoms with Crippen molar-refractivity contribution in [3.63, 3.8) is 0 Å². The third kappa shape index (κ3) is 8.02. The molecule has 1 unspecified atom stereocenters. The summed E-state index contributed by atoms with van der Waals surface area (Å²) in [7, 11) is 0. The molecule has 0 fully saturated rings. The summed E-state index contributed by atoms with van der Waals surface area (Å²) >= 11 is 0. The van der Waals surface area contributed by atoms with Crippen LogP contribution in [0.3, 0.4) is 0 Å². The molecule has 0 saturated carbocycles. The summed E-state index contributed by atoms with van der Waals surface area (Å²) < 4.78 is 5.37. The summed E-state index contributed by atoms with van der Waals surface area (Å²) in [5.74, 6) is 0.670. The fraction of sp³-hybridized carbons (Fsp3) is 1.00. The van der Waals surface area contributed by atoms with E-state index >= 15 is 0 Å². The Morgan fingerprint density at radius 1 is 1.33 bits per heavy atom. The van der Waals surface area contributed by atoms with Gasteiger partial charge in [0.2, 0.25) is 0 Å². The molecule has 2 heteroatoms. The topological polar surface area (TPSA) is 29.5 Å². The molecule has 0 aromatic rings. The van der Waals surface area contributed by atoms with Crippen molar-refractivity contribution in [2.45, 2.75) is 39.5 Å². The van der Waals surface area contributed by atoms with Crippen molar-refractivity contribution in [3.8, 4) is 0 Å². The van der Waals surface area contributed by atoms with Crippen LogP contribution in [0.15, 0.2) is 0 Å². The van der Waals surface area contributed by atoms with Crippen LogP contribution in [0.25, 0.3) is 0 Å². The number of hydrogen-bond acceptors (Lipinski definition) is 2. The number of ether oxygens (including phenoxy) is 1. The van der Waals surface area contributed by atoms with Crippen LogP contribution in [0.2, 0.25) is 0 Å². The lowest BCUT2D eigenvalue weighted by molar-refractivity contribution is 0.0882. The lowest BCUT2D eigenvalue weighted by atomic mass is 10.1. The van der Waals surface area contributed by atoms with Gasteiger partial charge in [0.05, 0.1) is 0 Å². The first-order chi connectivity index (χ1) is 5.81. The van der Waals surface area contributed by atoms with E-state index in [0.29, 0.717) is 12.5 Å². The van der Waals surface area contributed by atoms with E-state index in [-0.39, 0.29) is 6.61 Å². The Morgan fingerprint density at radius 3 is 2.67 bits per heavy atom. The van der Waals surface area contributed by atoms with Gasteiger partial charge in [-0.1, -0.05) is 26.7 Å². The van der Waals surface area contributed by atoms with Gasteiger partial charge in [0, 0.05) is 19.8 Å². The smallest absolute Gasteiger partial charge is 0.0491 e. The molecule has 74 valence electrons. The van der Waals surface area contributed by atoms with Crippen LogP contribution >= 0.6 is 0 Å². The van der Waals surface area contributed by atoms with Crippen LogP contribution < -0.4 is 0 Å². The summed E-state index contributed by atoms with van der Waals surface area (Å²) in [5, 5.41) is 8.49. The van der Waals surface area contributed by atoms with Crippen LogP contribution in [0.4, 0.5) is 0 Å². The Bertz CT molecular complexity index is 83.9. The van der Waals surface area contributed by atoms with E-state index in [1.54, 1.807) is 0 Å². The second-order valence-electron chi connectivity index (χ2n) is 3.40. The lowest BCUT2D eigenvalue weighted by Crippen LogP contribution is -2.07. The number of hydrogen-bond donors (Lipinski definition) is 1. The minimum Gasteiger partial charge on any atom is -0.396 e. The molecule has 0 amide bonds. The maximum absolute atomic E-state index is 8.49. The molecule has 0 aliphatic heterocycles. The summed E-state index contributed by atoms with van der Waals surface area (Å²) in [6, 6.07) is 0. The number of aliphatic hydroxyl groups is 1. The van der Waals surface area contributed by atoms with Crippen LogP contribution in [0.5, 0.6) is 0 Å². The zero-order chi connectivity index (χ0) is 9.23. The molecule has 1 N–H and O–H groups in total. The first kappa shape index (κ1) is 11.9. The Hall–Kier alpha value is -0.0800.